The molecule has 0 aromatic heterocycles. The van der Waals surface area contributed by atoms with Gasteiger partial charge in [-0.3, -0.25) is 0 Å². The molecule has 0 amide bonds. The second-order valence-electron chi connectivity index (χ2n) is 3.23. The van der Waals surface area contributed by atoms with Gasteiger partial charge in [-0.15, -0.1) is 0 Å². The minimum atomic E-state index is -4.29. The smallest absolute Gasteiger partial charge is 0.383 e. The van der Waals surface area contributed by atoms with Crippen molar-refractivity contribution in [2.24, 2.45) is 0 Å². The van der Waals surface area contributed by atoms with Crippen LogP contribution in [-0.2, 0) is 14.2 Å². The number of halogens is 3. The monoisotopic (exact) mass is 245 g/mol. The fraction of sp³-hybridized carbons (Fsp3) is 1.00. The lowest BCUT2D eigenvalue weighted by Gasteiger charge is -2.18. The molecule has 0 rings (SSSR count). The molecule has 1 N–H and O–H groups in total. The molecule has 1 atom stereocenters. The lowest BCUT2D eigenvalue weighted by molar-refractivity contribution is -0.176. The molecule has 0 bridgehead atoms. The highest BCUT2D eigenvalue weighted by molar-refractivity contribution is 4.65. The number of ether oxygens (including phenoxy) is 3. The predicted molar refractivity (Wildman–Crippen MR) is 52.4 cm³/mol. The zero-order valence-corrected chi connectivity index (χ0v) is 9.47. The molecule has 0 saturated heterocycles. The second kappa shape index (κ2) is 8.74. The van der Waals surface area contributed by atoms with Gasteiger partial charge in [0.05, 0.1) is 25.9 Å². The molecule has 7 heteroatoms. The Hall–Kier alpha value is -0.370. The molecule has 16 heavy (non-hydrogen) atoms. The van der Waals surface area contributed by atoms with Gasteiger partial charge in [-0.25, -0.2) is 0 Å². The summed E-state index contributed by atoms with van der Waals surface area (Å²) in [6, 6.07) is -0.262. The summed E-state index contributed by atoms with van der Waals surface area (Å²) in [5.74, 6) is 0. The van der Waals surface area contributed by atoms with Crippen LogP contribution in [0, 0.1) is 0 Å². The Kier molecular flexibility index (Phi) is 8.54. The lowest BCUT2D eigenvalue weighted by atomic mass is 10.3. The Morgan fingerprint density at radius 1 is 1.12 bits per heavy atom. The van der Waals surface area contributed by atoms with E-state index in [-0.39, 0.29) is 12.6 Å². The molecule has 0 aliphatic rings. The van der Waals surface area contributed by atoms with E-state index < -0.39 is 12.8 Å². The van der Waals surface area contributed by atoms with Crippen LogP contribution >= 0.6 is 0 Å². The zero-order chi connectivity index (χ0) is 12.4. The van der Waals surface area contributed by atoms with Crippen molar-refractivity contribution in [3.8, 4) is 0 Å². The van der Waals surface area contributed by atoms with E-state index in [4.69, 9.17) is 9.47 Å². The summed E-state index contributed by atoms with van der Waals surface area (Å²) >= 11 is 0. The van der Waals surface area contributed by atoms with Crippen LogP contribution in [-0.4, -0.2) is 59.4 Å². The van der Waals surface area contributed by atoms with Gasteiger partial charge in [0.2, 0.25) is 0 Å². The highest BCUT2D eigenvalue weighted by Gasteiger charge is 2.27. The second-order valence-corrected chi connectivity index (χ2v) is 3.23. The summed E-state index contributed by atoms with van der Waals surface area (Å²) < 4.78 is 49.6. The van der Waals surface area contributed by atoms with E-state index >= 15 is 0 Å². The summed E-state index contributed by atoms with van der Waals surface area (Å²) in [7, 11) is 3.03. The summed E-state index contributed by atoms with van der Waals surface area (Å²) in [5.41, 5.74) is 0. The molecule has 0 aliphatic carbocycles. The average molecular weight is 245 g/mol. The van der Waals surface area contributed by atoms with E-state index in [0.29, 0.717) is 19.8 Å². The van der Waals surface area contributed by atoms with Crippen LogP contribution in [0.2, 0.25) is 0 Å². The van der Waals surface area contributed by atoms with E-state index in [0.717, 1.165) is 0 Å². The van der Waals surface area contributed by atoms with Gasteiger partial charge in [0.15, 0.2) is 0 Å². The number of nitrogens with one attached hydrogen (secondary N) is 1. The number of hydrogen-bond donors (Lipinski definition) is 1. The predicted octanol–water partition coefficient (Wildman–Crippen LogP) is 0.816. The Bertz CT molecular complexity index is 167. The Labute approximate surface area is 93.0 Å². The van der Waals surface area contributed by atoms with Crippen LogP contribution in [0.4, 0.5) is 13.2 Å². The molecule has 98 valence electrons. The minimum Gasteiger partial charge on any atom is -0.383 e. The molecular formula is C9H18F3NO3. The molecule has 0 aromatic rings. The van der Waals surface area contributed by atoms with Gasteiger partial charge in [-0.1, -0.05) is 0 Å². The molecule has 0 aromatic carbocycles. The zero-order valence-electron chi connectivity index (χ0n) is 9.47. The third-order valence-electron chi connectivity index (χ3n) is 1.69. The summed E-state index contributed by atoms with van der Waals surface area (Å²) in [6.07, 6.45) is -4.29. The highest BCUT2D eigenvalue weighted by Crippen LogP contribution is 2.14. The molecule has 0 radical (unpaired) electrons. The van der Waals surface area contributed by atoms with Crippen molar-refractivity contribution in [2.75, 3.05) is 47.2 Å². The first kappa shape index (κ1) is 15.6. The van der Waals surface area contributed by atoms with Crippen LogP contribution < -0.4 is 5.32 Å². The van der Waals surface area contributed by atoms with Crippen molar-refractivity contribution in [2.45, 2.75) is 12.2 Å². The Morgan fingerprint density at radius 2 is 1.81 bits per heavy atom. The van der Waals surface area contributed by atoms with Crippen molar-refractivity contribution in [3.63, 3.8) is 0 Å². The summed E-state index contributed by atoms with van der Waals surface area (Å²) in [5, 5.41) is 2.97. The van der Waals surface area contributed by atoms with Crippen molar-refractivity contribution < 1.29 is 27.4 Å². The van der Waals surface area contributed by atoms with Crippen LogP contribution in [0.1, 0.15) is 0 Å². The van der Waals surface area contributed by atoms with Gasteiger partial charge >= 0.3 is 6.18 Å². The maximum absolute atomic E-state index is 11.8. The molecule has 0 spiro atoms. The first-order chi connectivity index (χ1) is 7.49. The third-order valence-corrected chi connectivity index (χ3v) is 1.69. The Balaban J connectivity index is 3.67. The van der Waals surface area contributed by atoms with Crippen molar-refractivity contribution in [3.05, 3.63) is 0 Å². The fourth-order valence-electron chi connectivity index (χ4n) is 1.05. The third kappa shape index (κ3) is 10.2. The van der Waals surface area contributed by atoms with Crippen molar-refractivity contribution in [1.82, 2.24) is 5.32 Å². The summed E-state index contributed by atoms with van der Waals surface area (Å²) in [6.45, 7) is 0.0389. The number of hydrogen-bond acceptors (Lipinski definition) is 4. The maximum atomic E-state index is 11.8. The number of alkyl halides is 3. The van der Waals surface area contributed by atoms with Gasteiger partial charge in [-0.05, 0) is 0 Å². The molecular weight excluding hydrogens is 227 g/mol. The largest absolute Gasteiger partial charge is 0.411 e. The topological polar surface area (TPSA) is 39.7 Å². The molecule has 0 heterocycles. The highest BCUT2D eigenvalue weighted by atomic mass is 19.4. The van der Waals surface area contributed by atoms with E-state index in [1.165, 1.54) is 7.11 Å². The maximum Gasteiger partial charge on any atom is 0.411 e. The standard InChI is InChI=1S/C9H18F3NO3/c1-14-4-3-13-8(5-15-2)6-16-7-9(10,11)12/h8,13H,3-7H2,1-2H3. The first-order valence-electron chi connectivity index (χ1n) is 4.85. The molecule has 0 saturated carbocycles. The van der Waals surface area contributed by atoms with E-state index in [9.17, 15) is 13.2 Å². The van der Waals surface area contributed by atoms with Crippen LogP contribution in [0.15, 0.2) is 0 Å². The van der Waals surface area contributed by atoms with Gasteiger partial charge in [0.25, 0.3) is 0 Å². The summed E-state index contributed by atoms with van der Waals surface area (Å²) in [4.78, 5) is 0. The Morgan fingerprint density at radius 3 is 2.31 bits per heavy atom. The van der Waals surface area contributed by atoms with Crippen LogP contribution in [0.3, 0.4) is 0 Å². The van der Waals surface area contributed by atoms with Crippen LogP contribution in [0.5, 0.6) is 0 Å². The van der Waals surface area contributed by atoms with E-state index in [1.807, 2.05) is 0 Å². The van der Waals surface area contributed by atoms with E-state index in [2.05, 4.69) is 10.1 Å². The fourth-order valence-corrected chi connectivity index (χ4v) is 1.05. The van der Waals surface area contributed by atoms with Crippen LogP contribution in [0.25, 0.3) is 0 Å². The number of rotatable bonds is 9. The molecule has 0 fully saturated rings. The quantitative estimate of drug-likeness (QED) is 0.610. The average Bonchev–Trinajstić information content (AvgIpc) is 2.16. The first-order valence-corrected chi connectivity index (χ1v) is 4.85. The SMILES string of the molecule is COCCNC(COC)COCC(F)(F)F. The minimum absolute atomic E-state index is 0.0446. The van der Waals surface area contributed by atoms with Gasteiger partial charge in [-0.2, -0.15) is 13.2 Å². The molecule has 4 nitrogen and oxygen atoms in total. The van der Waals surface area contributed by atoms with Gasteiger partial charge in [0, 0.05) is 20.8 Å². The lowest BCUT2D eigenvalue weighted by Crippen LogP contribution is -2.40. The van der Waals surface area contributed by atoms with Gasteiger partial charge < -0.3 is 19.5 Å². The van der Waals surface area contributed by atoms with E-state index in [1.54, 1.807) is 7.11 Å². The number of methoxy groups -OCH3 is 2. The van der Waals surface area contributed by atoms with Crippen molar-refractivity contribution >= 4 is 0 Å². The van der Waals surface area contributed by atoms with Crippen molar-refractivity contribution in [1.29, 1.82) is 0 Å². The van der Waals surface area contributed by atoms with Gasteiger partial charge in [0.1, 0.15) is 6.61 Å². The normalized spacial score (nSPS) is 14.1. The molecule has 1 unspecified atom stereocenters. The molecule has 0 aliphatic heterocycles.